The molecule has 0 bridgehead atoms. The maximum absolute atomic E-state index is 13.5. The fourth-order valence-corrected chi connectivity index (χ4v) is 4.38. The van der Waals surface area contributed by atoms with Crippen LogP contribution in [0.3, 0.4) is 0 Å². The van der Waals surface area contributed by atoms with Gasteiger partial charge in [0.05, 0.1) is 13.1 Å². The van der Waals surface area contributed by atoms with Gasteiger partial charge in [0.15, 0.2) is 0 Å². The molecule has 1 aromatic heterocycles. The van der Waals surface area contributed by atoms with Crippen LogP contribution in [0.4, 0.5) is 0 Å². The molecule has 0 fully saturated rings. The summed E-state index contributed by atoms with van der Waals surface area (Å²) in [4.78, 5) is 30.1. The van der Waals surface area contributed by atoms with Crippen LogP contribution in [-0.4, -0.2) is 59.0 Å². The highest BCUT2D eigenvalue weighted by Crippen LogP contribution is 2.15. The monoisotopic (exact) mass is 561 g/mol. The lowest BCUT2D eigenvalue weighted by molar-refractivity contribution is -0.141. The summed E-state index contributed by atoms with van der Waals surface area (Å²) in [5, 5.41) is 0. The second-order valence-electron chi connectivity index (χ2n) is 9.25. The Bertz CT molecular complexity index is 897. The van der Waals surface area contributed by atoms with Gasteiger partial charge in [-0.1, -0.05) is 61.2 Å². The van der Waals surface area contributed by atoms with Gasteiger partial charge in [0.2, 0.25) is 11.8 Å². The second-order valence-corrected chi connectivity index (χ2v) is 10.2. The third-order valence-electron chi connectivity index (χ3n) is 6.27. The topological polar surface area (TPSA) is 54.8 Å². The summed E-state index contributed by atoms with van der Waals surface area (Å²) in [5.74, 6) is 0.0856. The van der Waals surface area contributed by atoms with Crippen molar-refractivity contribution in [2.45, 2.75) is 78.8 Å². The van der Waals surface area contributed by atoms with Crippen molar-refractivity contribution in [1.82, 2.24) is 14.4 Å². The van der Waals surface area contributed by atoms with E-state index in [2.05, 4.69) is 58.7 Å². The number of unbranched alkanes of at least 4 members (excludes halogenated alkanes) is 3. The van der Waals surface area contributed by atoms with Crippen LogP contribution in [-0.2, 0) is 27.4 Å². The van der Waals surface area contributed by atoms with E-state index in [-0.39, 0.29) is 18.4 Å². The lowest BCUT2D eigenvalue weighted by Crippen LogP contribution is -2.43. The van der Waals surface area contributed by atoms with Crippen molar-refractivity contribution >= 4 is 27.7 Å². The lowest BCUT2D eigenvalue weighted by atomic mass is 10.2. The molecule has 1 aromatic carbocycles. The number of carbonyl (C=O) groups excluding carboxylic acids is 2. The van der Waals surface area contributed by atoms with Gasteiger partial charge in [0.25, 0.3) is 0 Å². The van der Waals surface area contributed by atoms with Gasteiger partial charge >= 0.3 is 0 Å². The Hall–Kier alpha value is -2.12. The van der Waals surface area contributed by atoms with Gasteiger partial charge in [0.1, 0.15) is 0 Å². The smallest absolute Gasteiger partial charge is 0.242 e. The second kappa shape index (κ2) is 17.4. The Morgan fingerprint density at radius 1 is 0.889 bits per heavy atom. The van der Waals surface area contributed by atoms with Crippen LogP contribution >= 0.6 is 15.9 Å². The molecular weight excluding hydrogens is 518 g/mol. The van der Waals surface area contributed by atoms with E-state index in [1.54, 1.807) is 4.90 Å². The molecule has 0 aliphatic rings. The van der Waals surface area contributed by atoms with Crippen molar-refractivity contribution in [3.8, 4) is 0 Å². The summed E-state index contributed by atoms with van der Waals surface area (Å²) in [6.45, 7) is 10.2. The molecule has 200 valence electrons. The molecule has 0 aliphatic heterocycles. The molecule has 1 heterocycles. The average molecular weight is 563 g/mol. The van der Waals surface area contributed by atoms with Crippen LogP contribution in [0.2, 0.25) is 0 Å². The normalized spacial score (nSPS) is 11.0. The van der Waals surface area contributed by atoms with Crippen LogP contribution in [0.5, 0.6) is 0 Å². The standard InChI is InChI=1S/C29H44BrN3O3/c1-4-7-9-13-28(34)33(20-11-21-36-6-3)24-29(35)32(18-8-5-2)23-27-12-10-19-31(27)22-25-14-16-26(30)17-15-25/h10,12,14-17,19H,4-9,11,13,18,20-24H2,1-3H3. The lowest BCUT2D eigenvalue weighted by Gasteiger charge is -2.28. The molecule has 2 aromatic rings. The molecule has 0 aliphatic carbocycles. The third-order valence-corrected chi connectivity index (χ3v) is 6.80. The summed E-state index contributed by atoms with van der Waals surface area (Å²) < 4.78 is 8.73. The summed E-state index contributed by atoms with van der Waals surface area (Å²) in [6.07, 6.45) is 8.23. The highest BCUT2D eigenvalue weighted by molar-refractivity contribution is 9.10. The molecule has 6 nitrogen and oxygen atoms in total. The van der Waals surface area contributed by atoms with Gasteiger partial charge in [-0.3, -0.25) is 9.59 Å². The van der Waals surface area contributed by atoms with Gasteiger partial charge in [0, 0.05) is 55.6 Å². The molecule has 7 heteroatoms. The number of ether oxygens (including phenoxy) is 1. The highest BCUT2D eigenvalue weighted by atomic mass is 79.9. The number of carbonyl (C=O) groups is 2. The number of amides is 2. The number of aromatic nitrogens is 1. The van der Waals surface area contributed by atoms with Crippen molar-refractivity contribution in [3.63, 3.8) is 0 Å². The minimum atomic E-state index is 0.0140. The first-order valence-electron chi connectivity index (χ1n) is 13.5. The minimum absolute atomic E-state index is 0.0140. The Labute approximate surface area is 226 Å². The van der Waals surface area contributed by atoms with Gasteiger partial charge in [-0.05, 0) is 56.0 Å². The first-order valence-corrected chi connectivity index (χ1v) is 14.3. The molecule has 0 spiro atoms. The number of benzene rings is 1. The predicted octanol–water partition coefficient (Wildman–Crippen LogP) is 6.26. The van der Waals surface area contributed by atoms with Crippen molar-refractivity contribution < 1.29 is 14.3 Å². The number of nitrogens with zero attached hydrogens (tertiary/aromatic N) is 3. The largest absolute Gasteiger partial charge is 0.382 e. The molecule has 2 rings (SSSR count). The van der Waals surface area contributed by atoms with Gasteiger partial charge in [-0.2, -0.15) is 0 Å². The van der Waals surface area contributed by atoms with Crippen molar-refractivity contribution in [2.24, 2.45) is 0 Å². The van der Waals surface area contributed by atoms with E-state index in [9.17, 15) is 9.59 Å². The maximum Gasteiger partial charge on any atom is 0.242 e. The zero-order valence-corrected chi connectivity index (χ0v) is 24.0. The molecule has 0 N–H and O–H groups in total. The van der Waals surface area contributed by atoms with E-state index in [1.165, 1.54) is 5.56 Å². The van der Waals surface area contributed by atoms with Gasteiger partial charge in [-0.25, -0.2) is 0 Å². The highest BCUT2D eigenvalue weighted by Gasteiger charge is 2.22. The molecule has 0 unspecified atom stereocenters. The summed E-state index contributed by atoms with van der Waals surface area (Å²) in [6, 6.07) is 12.4. The molecular formula is C29H44BrN3O3. The van der Waals surface area contributed by atoms with Crippen LogP contribution in [0.25, 0.3) is 0 Å². The van der Waals surface area contributed by atoms with Crippen LogP contribution in [0, 0.1) is 0 Å². The number of halogens is 1. The van der Waals surface area contributed by atoms with E-state index in [0.717, 1.165) is 55.2 Å². The van der Waals surface area contributed by atoms with Crippen LogP contribution < -0.4 is 0 Å². The number of rotatable bonds is 18. The summed E-state index contributed by atoms with van der Waals surface area (Å²) in [7, 11) is 0. The zero-order chi connectivity index (χ0) is 26.2. The minimum Gasteiger partial charge on any atom is -0.382 e. The molecule has 0 atom stereocenters. The van der Waals surface area contributed by atoms with Crippen molar-refractivity contribution in [2.75, 3.05) is 32.8 Å². The zero-order valence-electron chi connectivity index (χ0n) is 22.4. The quantitative estimate of drug-likeness (QED) is 0.202. The van der Waals surface area contributed by atoms with Crippen LogP contribution in [0.1, 0.15) is 77.0 Å². The molecule has 0 saturated carbocycles. The van der Waals surface area contributed by atoms with E-state index in [4.69, 9.17) is 4.74 Å². The van der Waals surface area contributed by atoms with E-state index < -0.39 is 0 Å². The first-order chi connectivity index (χ1) is 17.5. The Kier molecular flexibility index (Phi) is 14.5. The van der Waals surface area contributed by atoms with E-state index in [1.807, 2.05) is 30.0 Å². The fraction of sp³-hybridized carbons (Fsp3) is 0.586. The Morgan fingerprint density at radius 2 is 1.61 bits per heavy atom. The fourth-order valence-electron chi connectivity index (χ4n) is 4.11. The van der Waals surface area contributed by atoms with E-state index >= 15 is 0 Å². The molecule has 0 saturated heterocycles. The number of hydrogen-bond acceptors (Lipinski definition) is 3. The summed E-state index contributed by atoms with van der Waals surface area (Å²) in [5.41, 5.74) is 2.31. The summed E-state index contributed by atoms with van der Waals surface area (Å²) >= 11 is 3.49. The molecule has 2 amide bonds. The van der Waals surface area contributed by atoms with Crippen LogP contribution in [0.15, 0.2) is 47.1 Å². The van der Waals surface area contributed by atoms with E-state index in [0.29, 0.717) is 39.3 Å². The molecule has 36 heavy (non-hydrogen) atoms. The van der Waals surface area contributed by atoms with Gasteiger partial charge < -0.3 is 19.1 Å². The predicted molar refractivity (Wildman–Crippen MR) is 150 cm³/mol. The molecule has 0 radical (unpaired) electrons. The first kappa shape index (κ1) is 30.1. The third kappa shape index (κ3) is 10.9. The Balaban J connectivity index is 2.09. The SMILES string of the molecule is CCCCCC(=O)N(CCCOCC)CC(=O)N(CCCC)Cc1cccn1Cc1ccc(Br)cc1. The number of hydrogen-bond donors (Lipinski definition) is 0. The Morgan fingerprint density at radius 3 is 2.31 bits per heavy atom. The van der Waals surface area contributed by atoms with Crippen molar-refractivity contribution in [1.29, 1.82) is 0 Å². The van der Waals surface area contributed by atoms with Gasteiger partial charge in [-0.15, -0.1) is 0 Å². The van der Waals surface area contributed by atoms with Crippen molar-refractivity contribution in [3.05, 3.63) is 58.3 Å². The maximum atomic E-state index is 13.5. The average Bonchev–Trinajstić information content (AvgIpc) is 3.31.